The van der Waals surface area contributed by atoms with Crippen LogP contribution in [0.2, 0.25) is 0 Å². The number of carboxylic acid groups (broad SMARTS) is 1. The molecule has 0 unspecified atom stereocenters. The van der Waals surface area contributed by atoms with Crippen LogP contribution in [0, 0.1) is 0 Å². The Labute approximate surface area is 176 Å². The smallest absolute Gasteiger partial charge is 0.416 e. The average Bonchev–Trinajstić information content (AvgIpc) is 3.10. The van der Waals surface area contributed by atoms with Gasteiger partial charge in [0.05, 0.1) is 5.56 Å². The van der Waals surface area contributed by atoms with E-state index in [2.05, 4.69) is 15.1 Å². The molecule has 2 N–H and O–H groups in total. The van der Waals surface area contributed by atoms with Gasteiger partial charge >= 0.3 is 6.18 Å². The summed E-state index contributed by atoms with van der Waals surface area (Å²) in [5, 5.41) is 10.3. The Kier molecular flexibility index (Phi) is 7.63. The van der Waals surface area contributed by atoms with Gasteiger partial charge in [-0.2, -0.15) is 13.2 Å². The second kappa shape index (κ2) is 10.0. The highest BCUT2D eigenvalue weighted by Crippen LogP contribution is 2.39. The van der Waals surface area contributed by atoms with Gasteiger partial charge in [-0.15, -0.1) is 0 Å². The Morgan fingerprint density at radius 3 is 2.30 bits per heavy atom. The Morgan fingerprint density at radius 2 is 1.67 bits per heavy atom. The molecule has 5 nitrogen and oxygen atoms in total. The zero-order chi connectivity index (χ0) is 21.6. The van der Waals surface area contributed by atoms with Crippen molar-refractivity contribution in [3.8, 4) is 0 Å². The predicted molar refractivity (Wildman–Crippen MR) is 111 cm³/mol. The maximum Gasteiger partial charge on any atom is 0.416 e. The number of alkyl halides is 3. The van der Waals surface area contributed by atoms with E-state index in [-0.39, 0.29) is 12.0 Å². The summed E-state index contributed by atoms with van der Waals surface area (Å²) in [5.41, 5.74) is 1.24. The minimum atomic E-state index is -4.29. The van der Waals surface area contributed by atoms with E-state index in [4.69, 9.17) is 9.90 Å². The second-order valence-electron chi connectivity index (χ2n) is 8.54. The summed E-state index contributed by atoms with van der Waals surface area (Å²) in [7, 11) is 0. The van der Waals surface area contributed by atoms with E-state index in [1.165, 1.54) is 25.0 Å². The number of nitrogens with zero attached hydrogens (tertiary/aromatic N) is 2. The van der Waals surface area contributed by atoms with Crippen molar-refractivity contribution in [2.45, 2.75) is 63.2 Å². The minimum Gasteiger partial charge on any atom is -0.483 e. The van der Waals surface area contributed by atoms with Crippen LogP contribution in [0.15, 0.2) is 18.2 Å². The van der Waals surface area contributed by atoms with E-state index in [9.17, 15) is 13.2 Å². The van der Waals surface area contributed by atoms with Gasteiger partial charge in [0, 0.05) is 30.9 Å². The summed E-state index contributed by atoms with van der Waals surface area (Å²) in [4.78, 5) is 13.0. The molecule has 0 aromatic heterocycles. The largest absolute Gasteiger partial charge is 0.483 e. The SMILES string of the molecule is FC(F)(F)c1cc(CN2CCCC23CCNCC3)cc(N2CCCCC2)c1.O=CO. The first-order chi connectivity index (χ1) is 14.4. The van der Waals surface area contributed by atoms with Crippen molar-refractivity contribution >= 4 is 12.2 Å². The molecule has 1 spiro atoms. The quantitative estimate of drug-likeness (QED) is 0.711. The Balaban J connectivity index is 0.000000806. The van der Waals surface area contributed by atoms with Crippen LogP contribution in [0.1, 0.15) is 56.1 Å². The number of nitrogens with one attached hydrogen (secondary N) is 1. The third-order valence-electron chi connectivity index (χ3n) is 6.67. The number of likely N-dealkylation sites (tertiary alicyclic amines) is 1. The number of hydrogen-bond acceptors (Lipinski definition) is 4. The molecule has 3 heterocycles. The van der Waals surface area contributed by atoms with Gasteiger partial charge in [-0.25, -0.2) is 0 Å². The monoisotopic (exact) mass is 427 g/mol. The second-order valence-corrected chi connectivity index (χ2v) is 8.54. The molecule has 4 rings (SSSR count). The summed E-state index contributed by atoms with van der Waals surface area (Å²) in [5.74, 6) is 0. The fourth-order valence-electron chi connectivity index (χ4n) is 5.18. The molecule has 3 fully saturated rings. The number of hydrogen-bond donors (Lipinski definition) is 2. The lowest BCUT2D eigenvalue weighted by Gasteiger charge is -2.42. The standard InChI is InChI=1S/C21H30F3N3.CH2O2/c22-21(23,24)18-13-17(14-19(15-18)26-10-2-1-3-11-26)16-27-12-4-5-20(27)6-8-25-9-7-20;2-1-3/h13-15,25H,1-12,16H2;1H,(H,2,3). The molecule has 0 bridgehead atoms. The molecule has 3 saturated heterocycles. The number of piperidine rings is 2. The molecule has 3 aliphatic rings. The summed E-state index contributed by atoms with van der Waals surface area (Å²) >= 11 is 0. The first kappa shape index (κ1) is 22.9. The zero-order valence-electron chi connectivity index (χ0n) is 17.4. The molecule has 3 aliphatic heterocycles. The lowest BCUT2D eigenvalue weighted by atomic mass is 9.85. The van der Waals surface area contributed by atoms with Gasteiger partial charge in [0.2, 0.25) is 0 Å². The van der Waals surface area contributed by atoms with E-state index >= 15 is 0 Å². The van der Waals surface area contributed by atoms with Crippen LogP contribution in [0.25, 0.3) is 0 Å². The third kappa shape index (κ3) is 5.46. The molecule has 0 saturated carbocycles. The number of halogens is 3. The van der Waals surface area contributed by atoms with Crippen LogP contribution in [-0.2, 0) is 17.5 Å². The van der Waals surface area contributed by atoms with Gasteiger partial charge in [-0.1, -0.05) is 0 Å². The summed E-state index contributed by atoms with van der Waals surface area (Å²) in [6.07, 6.45) is 3.53. The Hall–Kier alpha value is -1.80. The first-order valence-electron chi connectivity index (χ1n) is 10.9. The number of anilines is 1. The van der Waals surface area contributed by atoms with Crippen LogP contribution < -0.4 is 10.2 Å². The molecule has 0 atom stereocenters. The van der Waals surface area contributed by atoms with Crippen molar-refractivity contribution < 1.29 is 23.1 Å². The van der Waals surface area contributed by atoms with Crippen molar-refractivity contribution in [1.82, 2.24) is 10.2 Å². The summed E-state index contributed by atoms with van der Waals surface area (Å²) in [6.45, 7) is 5.12. The molecular formula is C22H32F3N3O2. The van der Waals surface area contributed by atoms with Gasteiger partial charge in [0.1, 0.15) is 0 Å². The molecule has 1 aromatic rings. The van der Waals surface area contributed by atoms with E-state index in [0.717, 1.165) is 76.1 Å². The van der Waals surface area contributed by atoms with Crippen LogP contribution >= 0.6 is 0 Å². The lowest BCUT2D eigenvalue weighted by molar-refractivity contribution is -0.137. The normalized spacial score (nSPS) is 21.9. The minimum absolute atomic E-state index is 0.185. The topological polar surface area (TPSA) is 55.8 Å². The van der Waals surface area contributed by atoms with Crippen molar-refractivity contribution in [3.05, 3.63) is 29.3 Å². The average molecular weight is 428 g/mol. The van der Waals surface area contributed by atoms with Crippen molar-refractivity contribution in [1.29, 1.82) is 0 Å². The molecule has 30 heavy (non-hydrogen) atoms. The molecule has 168 valence electrons. The van der Waals surface area contributed by atoms with Crippen molar-refractivity contribution in [2.75, 3.05) is 37.6 Å². The van der Waals surface area contributed by atoms with E-state index < -0.39 is 11.7 Å². The van der Waals surface area contributed by atoms with E-state index in [1.54, 1.807) is 0 Å². The van der Waals surface area contributed by atoms with Gasteiger partial charge < -0.3 is 15.3 Å². The van der Waals surface area contributed by atoms with Gasteiger partial charge in [-0.05, 0) is 88.3 Å². The zero-order valence-corrected chi connectivity index (χ0v) is 17.4. The number of rotatable bonds is 3. The summed E-state index contributed by atoms with van der Waals surface area (Å²) < 4.78 is 40.6. The highest BCUT2D eigenvalue weighted by Gasteiger charge is 2.41. The number of benzene rings is 1. The summed E-state index contributed by atoms with van der Waals surface area (Å²) in [6, 6.07) is 4.73. The molecule has 0 amide bonds. The molecule has 0 aliphatic carbocycles. The van der Waals surface area contributed by atoms with Crippen LogP contribution in [-0.4, -0.2) is 54.7 Å². The van der Waals surface area contributed by atoms with Gasteiger partial charge in [-0.3, -0.25) is 9.69 Å². The maximum absolute atomic E-state index is 13.5. The first-order valence-corrected chi connectivity index (χ1v) is 10.9. The number of carbonyl (C=O) groups is 1. The predicted octanol–water partition coefficient (Wildman–Crippen LogP) is 4.11. The van der Waals surface area contributed by atoms with Gasteiger partial charge in [0.15, 0.2) is 0 Å². The Bertz CT molecular complexity index is 699. The van der Waals surface area contributed by atoms with Gasteiger partial charge in [0.25, 0.3) is 6.47 Å². The molecule has 8 heteroatoms. The molecular weight excluding hydrogens is 395 g/mol. The molecule has 0 radical (unpaired) electrons. The fourth-order valence-corrected chi connectivity index (χ4v) is 5.18. The van der Waals surface area contributed by atoms with Crippen LogP contribution in [0.4, 0.5) is 18.9 Å². The fraction of sp³-hybridized carbons (Fsp3) is 0.682. The third-order valence-corrected chi connectivity index (χ3v) is 6.67. The van der Waals surface area contributed by atoms with E-state index in [0.29, 0.717) is 6.54 Å². The van der Waals surface area contributed by atoms with Crippen LogP contribution in [0.5, 0.6) is 0 Å². The maximum atomic E-state index is 13.5. The van der Waals surface area contributed by atoms with Crippen molar-refractivity contribution in [3.63, 3.8) is 0 Å². The van der Waals surface area contributed by atoms with Crippen molar-refractivity contribution in [2.24, 2.45) is 0 Å². The highest BCUT2D eigenvalue weighted by molar-refractivity contribution is 5.52. The van der Waals surface area contributed by atoms with E-state index in [1.807, 2.05) is 6.07 Å². The lowest BCUT2D eigenvalue weighted by Crippen LogP contribution is -2.50. The van der Waals surface area contributed by atoms with Crippen LogP contribution in [0.3, 0.4) is 0 Å². The molecule has 1 aromatic carbocycles. The highest BCUT2D eigenvalue weighted by atomic mass is 19.4. The Morgan fingerprint density at radius 1 is 1.00 bits per heavy atom.